The molecule has 1 heterocycles. The number of hydrogen-bond acceptors (Lipinski definition) is 4. The zero-order valence-corrected chi connectivity index (χ0v) is 20.1. The number of para-hydroxylation sites is 2. The number of hydrogen-bond donors (Lipinski definition) is 1. The van der Waals surface area contributed by atoms with Gasteiger partial charge < -0.3 is 19.4 Å². The van der Waals surface area contributed by atoms with Crippen LogP contribution in [-0.4, -0.2) is 36.2 Å². The van der Waals surface area contributed by atoms with Crippen molar-refractivity contribution in [3.05, 3.63) is 88.7 Å². The number of methoxy groups -OCH3 is 2. The predicted molar refractivity (Wildman–Crippen MR) is 135 cm³/mol. The van der Waals surface area contributed by atoms with E-state index in [0.717, 1.165) is 52.4 Å². The van der Waals surface area contributed by atoms with Gasteiger partial charge >= 0.3 is 0 Å². The van der Waals surface area contributed by atoms with Crippen molar-refractivity contribution in [2.24, 2.45) is 0 Å². The predicted octanol–water partition coefficient (Wildman–Crippen LogP) is 5.05. The van der Waals surface area contributed by atoms with Gasteiger partial charge in [0.05, 0.1) is 31.7 Å². The smallest absolute Gasteiger partial charge is 0.224 e. The van der Waals surface area contributed by atoms with Crippen LogP contribution >= 0.6 is 11.6 Å². The minimum absolute atomic E-state index is 0.0260. The Labute approximate surface area is 204 Å². The Bertz CT molecular complexity index is 1270. The van der Waals surface area contributed by atoms with Crippen LogP contribution in [0.15, 0.2) is 66.7 Å². The average molecular weight is 478 g/mol. The lowest BCUT2D eigenvalue weighted by Gasteiger charge is -2.11. The Kier molecular flexibility index (Phi) is 7.70. The van der Waals surface area contributed by atoms with Crippen LogP contribution in [0.2, 0.25) is 5.02 Å². The summed E-state index contributed by atoms with van der Waals surface area (Å²) in [5, 5.41) is 3.74. The van der Waals surface area contributed by atoms with Crippen molar-refractivity contribution in [3.8, 4) is 11.5 Å². The first-order valence-corrected chi connectivity index (χ1v) is 11.6. The Morgan fingerprint density at radius 2 is 1.71 bits per heavy atom. The van der Waals surface area contributed by atoms with E-state index in [-0.39, 0.29) is 12.3 Å². The molecule has 0 spiro atoms. The van der Waals surface area contributed by atoms with E-state index in [2.05, 4.69) is 16.0 Å². The molecule has 7 heteroatoms. The maximum absolute atomic E-state index is 12.4. The summed E-state index contributed by atoms with van der Waals surface area (Å²) in [5.74, 6) is 2.24. The maximum Gasteiger partial charge on any atom is 0.224 e. The van der Waals surface area contributed by atoms with Gasteiger partial charge in [0, 0.05) is 24.5 Å². The standard InChI is InChI=1S/C27H28ClN3O3/c1-33-24-14-11-20(16-25(24)34-2)17-27(32)29-15-5-8-26-30-22-6-3-4-7-23(22)31(26)18-19-9-12-21(28)13-10-19/h3-4,6-7,9-14,16H,5,8,15,17-18H2,1-2H3,(H,29,32). The molecule has 0 fully saturated rings. The van der Waals surface area contributed by atoms with Crippen molar-refractivity contribution >= 4 is 28.5 Å². The first kappa shape index (κ1) is 23.6. The van der Waals surface area contributed by atoms with E-state index >= 15 is 0 Å². The second-order valence-electron chi connectivity index (χ2n) is 8.05. The van der Waals surface area contributed by atoms with Crippen LogP contribution in [0.4, 0.5) is 0 Å². The molecule has 1 N–H and O–H groups in total. The molecule has 6 nitrogen and oxygen atoms in total. The number of ether oxygens (including phenoxy) is 2. The number of nitrogens with zero attached hydrogens (tertiary/aromatic N) is 2. The first-order valence-electron chi connectivity index (χ1n) is 11.2. The molecule has 0 bridgehead atoms. The van der Waals surface area contributed by atoms with Crippen molar-refractivity contribution < 1.29 is 14.3 Å². The van der Waals surface area contributed by atoms with Gasteiger partial charge in [0.25, 0.3) is 0 Å². The fraction of sp³-hybridized carbons (Fsp3) is 0.259. The number of amides is 1. The van der Waals surface area contributed by atoms with Crippen molar-refractivity contribution in [2.75, 3.05) is 20.8 Å². The van der Waals surface area contributed by atoms with E-state index in [9.17, 15) is 4.79 Å². The molecule has 1 aromatic heterocycles. The highest BCUT2D eigenvalue weighted by Crippen LogP contribution is 2.27. The fourth-order valence-corrected chi connectivity index (χ4v) is 4.10. The molecule has 0 saturated carbocycles. The molecular formula is C27H28ClN3O3. The summed E-state index contributed by atoms with van der Waals surface area (Å²) in [6.45, 7) is 1.30. The maximum atomic E-state index is 12.4. The number of aryl methyl sites for hydroxylation is 1. The van der Waals surface area contributed by atoms with Gasteiger partial charge in [-0.15, -0.1) is 0 Å². The summed E-state index contributed by atoms with van der Waals surface area (Å²) >= 11 is 6.04. The van der Waals surface area contributed by atoms with E-state index in [1.807, 2.05) is 60.7 Å². The Hall–Kier alpha value is -3.51. The van der Waals surface area contributed by atoms with Gasteiger partial charge in [-0.1, -0.05) is 41.9 Å². The number of benzene rings is 3. The largest absolute Gasteiger partial charge is 0.493 e. The van der Waals surface area contributed by atoms with Gasteiger partial charge in [0.2, 0.25) is 5.91 Å². The van der Waals surface area contributed by atoms with Crippen molar-refractivity contribution in [2.45, 2.75) is 25.8 Å². The van der Waals surface area contributed by atoms with Crippen LogP contribution in [0.3, 0.4) is 0 Å². The van der Waals surface area contributed by atoms with Gasteiger partial charge in [0.15, 0.2) is 11.5 Å². The molecule has 0 unspecified atom stereocenters. The summed E-state index contributed by atoms with van der Waals surface area (Å²) < 4.78 is 12.8. The molecule has 0 saturated heterocycles. The van der Waals surface area contributed by atoms with E-state index in [4.69, 9.17) is 26.1 Å². The van der Waals surface area contributed by atoms with Crippen LogP contribution in [-0.2, 0) is 24.2 Å². The minimum atomic E-state index is -0.0260. The van der Waals surface area contributed by atoms with Crippen LogP contribution in [0.25, 0.3) is 11.0 Å². The Balaban J connectivity index is 1.36. The van der Waals surface area contributed by atoms with Crippen molar-refractivity contribution in [1.29, 1.82) is 0 Å². The van der Waals surface area contributed by atoms with Gasteiger partial charge in [0.1, 0.15) is 5.82 Å². The molecule has 0 aliphatic rings. The summed E-state index contributed by atoms with van der Waals surface area (Å²) in [6, 6.07) is 21.6. The number of carbonyl (C=O) groups excluding carboxylic acids is 1. The third-order valence-corrected chi connectivity index (χ3v) is 5.95. The number of nitrogens with one attached hydrogen (secondary N) is 1. The van der Waals surface area contributed by atoms with E-state index in [1.165, 1.54) is 0 Å². The second kappa shape index (κ2) is 11.1. The van der Waals surface area contributed by atoms with Gasteiger partial charge in [-0.25, -0.2) is 4.98 Å². The monoisotopic (exact) mass is 477 g/mol. The molecule has 1 amide bonds. The van der Waals surface area contributed by atoms with Crippen molar-refractivity contribution in [1.82, 2.24) is 14.9 Å². The summed E-state index contributed by atoms with van der Waals surface area (Å²) in [5.41, 5.74) is 4.12. The number of imidazole rings is 1. The molecule has 0 aliphatic heterocycles. The third-order valence-electron chi connectivity index (χ3n) is 5.70. The molecule has 0 aliphatic carbocycles. The summed E-state index contributed by atoms with van der Waals surface area (Å²) in [4.78, 5) is 17.3. The highest BCUT2D eigenvalue weighted by atomic mass is 35.5. The van der Waals surface area contributed by atoms with Gasteiger partial charge in [-0.05, 0) is 53.9 Å². The molecule has 34 heavy (non-hydrogen) atoms. The van der Waals surface area contributed by atoms with Crippen molar-refractivity contribution in [3.63, 3.8) is 0 Å². The Morgan fingerprint density at radius 3 is 2.47 bits per heavy atom. The molecule has 176 valence electrons. The first-order chi connectivity index (χ1) is 16.6. The van der Waals surface area contributed by atoms with Crippen LogP contribution < -0.4 is 14.8 Å². The topological polar surface area (TPSA) is 65.4 Å². The molecular weight excluding hydrogens is 450 g/mol. The lowest BCUT2D eigenvalue weighted by molar-refractivity contribution is -0.120. The number of fused-ring (bicyclic) bond motifs is 1. The molecule has 0 atom stereocenters. The van der Waals surface area contributed by atoms with Gasteiger partial charge in [-0.3, -0.25) is 4.79 Å². The minimum Gasteiger partial charge on any atom is -0.493 e. The Morgan fingerprint density at radius 1 is 0.971 bits per heavy atom. The second-order valence-corrected chi connectivity index (χ2v) is 8.49. The molecule has 4 rings (SSSR count). The SMILES string of the molecule is COc1ccc(CC(=O)NCCCc2nc3ccccc3n2Cc2ccc(Cl)cc2)cc1OC. The fourth-order valence-electron chi connectivity index (χ4n) is 3.98. The molecule has 4 aromatic rings. The quantitative estimate of drug-likeness (QED) is 0.325. The van der Waals surface area contributed by atoms with E-state index < -0.39 is 0 Å². The lowest BCUT2D eigenvalue weighted by atomic mass is 10.1. The van der Waals surface area contributed by atoms with Crippen LogP contribution in [0, 0.1) is 0 Å². The highest BCUT2D eigenvalue weighted by molar-refractivity contribution is 6.30. The molecule has 0 radical (unpaired) electrons. The van der Waals surface area contributed by atoms with E-state index in [0.29, 0.717) is 18.0 Å². The average Bonchev–Trinajstić information content (AvgIpc) is 3.20. The zero-order chi connectivity index (χ0) is 23.9. The van der Waals surface area contributed by atoms with Crippen LogP contribution in [0.5, 0.6) is 11.5 Å². The number of carbonyl (C=O) groups is 1. The normalized spacial score (nSPS) is 10.9. The molecule has 3 aromatic carbocycles. The van der Waals surface area contributed by atoms with E-state index in [1.54, 1.807) is 14.2 Å². The lowest BCUT2D eigenvalue weighted by Crippen LogP contribution is -2.26. The highest BCUT2D eigenvalue weighted by Gasteiger charge is 2.12. The number of rotatable bonds is 10. The van der Waals surface area contributed by atoms with Gasteiger partial charge in [-0.2, -0.15) is 0 Å². The zero-order valence-electron chi connectivity index (χ0n) is 19.4. The summed E-state index contributed by atoms with van der Waals surface area (Å²) in [6.07, 6.45) is 1.84. The summed E-state index contributed by atoms with van der Waals surface area (Å²) in [7, 11) is 3.18. The number of aromatic nitrogens is 2. The van der Waals surface area contributed by atoms with Crippen LogP contribution in [0.1, 0.15) is 23.4 Å². The third kappa shape index (κ3) is 5.69. The number of halogens is 1.